The van der Waals surface area contributed by atoms with Gasteiger partial charge in [0.15, 0.2) is 5.82 Å². The Morgan fingerprint density at radius 1 is 1.24 bits per heavy atom. The van der Waals surface area contributed by atoms with Gasteiger partial charge in [0.2, 0.25) is 5.82 Å². The number of hydrogen-bond donors (Lipinski definition) is 0. The van der Waals surface area contributed by atoms with Crippen LogP contribution in [0.5, 0.6) is 0 Å². The largest absolute Gasteiger partial charge is 0.304 e. The third-order valence-electron chi connectivity index (χ3n) is 5.67. The van der Waals surface area contributed by atoms with Crippen molar-refractivity contribution in [1.82, 2.24) is 24.8 Å². The van der Waals surface area contributed by atoms with Crippen molar-refractivity contribution in [2.75, 3.05) is 57.9 Å². The molecule has 1 aromatic heterocycles. The number of piperazine rings is 1. The summed E-state index contributed by atoms with van der Waals surface area (Å²) in [4.78, 5) is 26.6. The van der Waals surface area contributed by atoms with Crippen LogP contribution in [-0.4, -0.2) is 83.5 Å². The van der Waals surface area contributed by atoms with E-state index >= 15 is 0 Å². The molecule has 0 bridgehead atoms. The smallest absolute Gasteiger partial charge is 0.272 e. The molecular weight excluding hydrogens is 457 g/mol. The van der Waals surface area contributed by atoms with Crippen LogP contribution in [-0.2, 0) is 0 Å². The molecule has 182 valence electrons. The third kappa shape index (κ3) is 6.86. The molecule has 1 saturated heterocycles. The fraction of sp³-hybridized carbons (Fsp3) is 0.500. The van der Waals surface area contributed by atoms with Gasteiger partial charge in [-0.1, -0.05) is 25.4 Å². The summed E-state index contributed by atoms with van der Waals surface area (Å²) in [6, 6.07) is 7.43. The highest BCUT2D eigenvalue weighted by molar-refractivity contribution is 6.32. The fourth-order valence-electron chi connectivity index (χ4n) is 3.83. The molecule has 2 heterocycles. The van der Waals surface area contributed by atoms with Gasteiger partial charge in [-0.25, -0.2) is 14.4 Å². The van der Waals surface area contributed by atoms with Crippen LogP contribution < -0.4 is 5.01 Å². The second kappa shape index (κ2) is 12.1. The molecule has 1 aromatic carbocycles. The summed E-state index contributed by atoms with van der Waals surface area (Å²) in [5.41, 5.74) is 0.362. The molecule has 3 rings (SSSR count). The lowest BCUT2D eigenvalue weighted by atomic mass is 10.2. The van der Waals surface area contributed by atoms with E-state index in [2.05, 4.69) is 26.8 Å². The normalized spacial score (nSPS) is 14.7. The number of hydrogen-bond acceptors (Lipinski definition) is 7. The zero-order valence-electron chi connectivity index (χ0n) is 19.9. The maximum absolute atomic E-state index is 13.6. The Morgan fingerprint density at radius 3 is 2.53 bits per heavy atom. The average Bonchev–Trinajstić information content (AvgIpc) is 2.82. The van der Waals surface area contributed by atoms with E-state index in [0.717, 1.165) is 39.1 Å². The molecule has 34 heavy (non-hydrogen) atoms. The monoisotopic (exact) mass is 487 g/mol. The van der Waals surface area contributed by atoms with Crippen LogP contribution in [0, 0.1) is 23.1 Å². The van der Waals surface area contributed by atoms with Gasteiger partial charge in [-0.05, 0) is 43.7 Å². The van der Waals surface area contributed by atoms with Crippen molar-refractivity contribution in [2.24, 2.45) is 5.92 Å². The first-order valence-corrected chi connectivity index (χ1v) is 11.8. The summed E-state index contributed by atoms with van der Waals surface area (Å²) >= 11 is 6.44. The maximum Gasteiger partial charge on any atom is 0.272 e. The minimum absolute atomic E-state index is 0.0280. The molecule has 0 radical (unpaired) electrons. The van der Waals surface area contributed by atoms with Gasteiger partial charge in [-0.2, -0.15) is 10.2 Å². The van der Waals surface area contributed by atoms with Crippen molar-refractivity contribution < 1.29 is 9.18 Å². The Balaban J connectivity index is 1.90. The van der Waals surface area contributed by atoms with E-state index in [1.54, 1.807) is 10.0 Å². The van der Waals surface area contributed by atoms with Crippen LogP contribution in [0.3, 0.4) is 0 Å². The molecule has 1 aliphatic rings. The Morgan fingerprint density at radius 2 is 1.91 bits per heavy atom. The molecule has 1 amide bonds. The average molecular weight is 488 g/mol. The van der Waals surface area contributed by atoms with E-state index in [-0.39, 0.29) is 22.7 Å². The second-order valence-electron chi connectivity index (χ2n) is 8.89. The summed E-state index contributed by atoms with van der Waals surface area (Å²) < 4.78 is 13.5. The van der Waals surface area contributed by atoms with Crippen LogP contribution in [0.15, 0.2) is 30.5 Å². The van der Waals surface area contributed by atoms with Gasteiger partial charge < -0.3 is 9.80 Å². The topological polar surface area (TPSA) is 79.6 Å². The number of hydrazine groups is 1. The van der Waals surface area contributed by atoms with Gasteiger partial charge in [0.05, 0.1) is 6.20 Å². The zero-order chi connectivity index (χ0) is 24.7. The number of aromatic nitrogens is 2. The number of carbonyl (C=O) groups excluding carboxylic acids is 1. The molecule has 1 fully saturated rings. The standard InChI is InChI=1S/C24H31ClFN7O/c1-18(2)17-33(23-21(25)16-28-22(15-27)29-23)32(24(34)19-5-7-20(26)8-6-19)10-4-9-31-13-11-30(3)12-14-31/h5-8,16,18H,4,9-14,17H2,1-3H3. The van der Waals surface area contributed by atoms with Crippen molar-refractivity contribution in [1.29, 1.82) is 5.26 Å². The van der Waals surface area contributed by atoms with Crippen molar-refractivity contribution in [3.05, 3.63) is 52.7 Å². The lowest BCUT2D eigenvalue weighted by Gasteiger charge is -2.38. The molecule has 0 N–H and O–H groups in total. The van der Waals surface area contributed by atoms with Crippen molar-refractivity contribution in [3.8, 4) is 6.07 Å². The minimum Gasteiger partial charge on any atom is -0.304 e. The first-order valence-electron chi connectivity index (χ1n) is 11.5. The lowest BCUT2D eigenvalue weighted by Crippen LogP contribution is -2.50. The third-order valence-corrected chi connectivity index (χ3v) is 5.93. The summed E-state index contributed by atoms with van der Waals surface area (Å²) in [7, 11) is 2.12. The fourth-order valence-corrected chi connectivity index (χ4v) is 4.02. The molecular formula is C24H31ClFN7O. The molecule has 0 saturated carbocycles. The first-order chi connectivity index (χ1) is 16.3. The zero-order valence-corrected chi connectivity index (χ0v) is 20.7. The SMILES string of the molecule is CC(C)CN(c1nc(C#N)ncc1Cl)N(CCCN1CCN(C)CC1)C(=O)c1ccc(F)cc1. The highest BCUT2D eigenvalue weighted by Crippen LogP contribution is 2.26. The van der Waals surface area contributed by atoms with Crippen LogP contribution in [0.4, 0.5) is 10.2 Å². The van der Waals surface area contributed by atoms with Gasteiger partial charge in [0.1, 0.15) is 16.9 Å². The Kier molecular flexibility index (Phi) is 9.16. The summed E-state index contributed by atoms with van der Waals surface area (Å²) in [5, 5.41) is 12.9. The second-order valence-corrected chi connectivity index (χ2v) is 9.29. The van der Waals surface area contributed by atoms with Crippen molar-refractivity contribution in [3.63, 3.8) is 0 Å². The van der Waals surface area contributed by atoms with E-state index in [0.29, 0.717) is 24.5 Å². The van der Waals surface area contributed by atoms with Crippen LogP contribution in [0.25, 0.3) is 0 Å². The number of nitrogens with zero attached hydrogens (tertiary/aromatic N) is 7. The quantitative estimate of drug-likeness (QED) is 0.502. The molecule has 0 unspecified atom stereocenters. The van der Waals surface area contributed by atoms with Crippen molar-refractivity contribution >= 4 is 23.3 Å². The maximum atomic E-state index is 13.6. The highest BCUT2D eigenvalue weighted by atomic mass is 35.5. The van der Waals surface area contributed by atoms with Crippen molar-refractivity contribution in [2.45, 2.75) is 20.3 Å². The van der Waals surface area contributed by atoms with Gasteiger partial charge in [-0.15, -0.1) is 0 Å². The number of halogens is 2. The molecule has 10 heteroatoms. The van der Waals surface area contributed by atoms with Crippen LogP contribution in [0.1, 0.15) is 36.5 Å². The predicted molar refractivity (Wildman–Crippen MR) is 130 cm³/mol. The van der Waals surface area contributed by atoms with E-state index in [1.165, 1.54) is 30.5 Å². The number of anilines is 1. The molecule has 8 nitrogen and oxygen atoms in total. The number of amides is 1. The van der Waals surface area contributed by atoms with Gasteiger partial charge >= 0.3 is 0 Å². The molecule has 1 aliphatic heterocycles. The molecule has 0 aliphatic carbocycles. The molecule has 2 aromatic rings. The van der Waals surface area contributed by atoms with E-state index in [9.17, 15) is 14.4 Å². The Hall–Kier alpha value is -2.80. The number of nitriles is 1. The van der Waals surface area contributed by atoms with Gasteiger partial charge in [0, 0.05) is 51.4 Å². The molecule has 0 spiro atoms. The van der Waals surface area contributed by atoms with Crippen LogP contribution in [0.2, 0.25) is 5.02 Å². The van der Waals surface area contributed by atoms with E-state index in [4.69, 9.17) is 11.6 Å². The minimum atomic E-state index is -0.408. The number of rotatable bonds is 9. The van der Waals surface area contributed by atoms with E-state index in [1.807, 2.05) is 19.9 Å². The summed E-state index contributed by atoms with van der Waals surface area (Å²) in [5.74, 6) is -0.253. The first kappa shape index (κ1) is 25.8. The Bertz CT molecular complexity index is 1000. The summed E-state index contributed by atoms with van der Waals surface area (Å²) in [6.07, 6.45) is 2.11. The highest BCUT2D eigenvalue weighted by Gasteiger charge is 2.27. The Labute approximate surface area is 205 Å². The summed E-state index contributed by atoms with van der Waals surface area (Å²) in [6.45, 7) is 9.77. The predicted octanol–water partition coefficient (Wildman–Crippen LogP) is 3.30. The molecule has 0 atom stereocenters. The van der Waals surface area contributed by atoms with Crippen LogP contribution >= 0.6 is 11.6 Å². The van der Waals surface area contributed by atoms with Gasteiger partial charge in [0.25, 0.3) is 5.91 Å². The van der Waals surface area contributed by atoms with E-state index < -0.39 is 5.82 Å². The lowest BCUT2D eigenvalue weighted by molar-refractivity contribution is 0.0712. The number of likely N-dealkylation sites (N-methyl/N-ethyl adjacent to an activating group) is 1. The number of carbonyl (C=O) groups is 1. The van der Waals surface area contributed by atoms with Gasteiger partial charge in [-0.3, -0.25) is 9.80 Å². The number of benzene rings is 1.